The van der Waals surface area contributed by atoms with Crippen LogP contribution in [0.25, 0.3) is 0 Å². The molecule has 6 nitrogen and oxygen atoms in total. The van der Waals surface area contributed by atoms with Gasteiger partial charge in [-0.25, -0.2) is 0 Å². The van der Waals surface area contributed by atoms with E-state index in [4.69, 9.17) is 0 Å². The van der Waals surface area contributed by atoms with Gasteiger partial charge in [-0.2, -0.15) is 0 Å². The lowest BCUT2D eigenvalue weighted by molar-refractivity contribution is -0.115. The Labute approximate surface area is 92.0 Å². The summed E-state index contributed by atoms with van der Waals surface area (Å²) in [6, 6.07) is 0. The Hall–Kier alpha value is -0.690. The number of amides is 1. The summed E-state index contributed by atoms with van der Waals surface area (Å²) in [5.41, 5.74) is 0. The highest BCUT2D eigenvalue weighted by atomic mass is 16.7. The summed E-state index contributed by atoms with van der Waals surface area (Å²) in [5.74, 6) is 0. The van der Waals surface area contributed by atoms with Crippen LogP contribution < -0.4 is 0 Å². The molecule has 1 amide bonds. The Balaban J connectivity index is -0.000000144. The van der Waals surface area contributed by atoms with Crippen LogP contribution >= 0.6 is 0 Å². The van der Waals surface area contributed by atoms with Crippen molar-refractivity contribution in [1.29, 1.82) is 0 Å². The molecule has 0 aliphatic heterocycles. The molecular weight excluding hydrogens is 202 g/mol. The molecule has 0 aromatic rings. The number of carbonyl (C=O) groups is 1. The van der Waals surface area contributed by atoms with Crippen LogP contribution in [0.2, 0.25) is 0 Å². The zero-order valence-electron chi connectivity index (χ0n) is 10.5. The third-order valence-corrected chi connectivity index (χ3v) is 0.682. The van der Waals surface area contributed by atoms with Crippen molar-refractivity contribution in [3.8, 4) is 0 Å². The van der Waals surface area contributed by atoms with Crippen molar-refractivity contribution in [2.45, 2.75) is 0 Å². The molecule has 0 bridgehead atoms. The quantitative estimate of drug-likeness (QED) is 0.493. The molecule has 0 saturated carbocycles. The topological polar surface area (TPSA) is 57.2 Å². The monoisotopic (exact) mass is 225 g/mol. The van der Waals surface area contributed by atoms with Gasteiger partial charge < -0.3 is 23.8 Å². The van der Waals surface area contributed by atoms with E-state index in [0.29, 0.717) is 13.6 Å². The average Bonchev–Trinajstić information content (AvgIpc) is 2.22. The minimum atomic E-state index is 0.389. The van der Waals surface area contributed by atoms with Gasteiger partial charge in [0.1, 0.15) is 13.6 Å². The van der Waals surface area contributed by atoms with Crippen LogP contribution in [0.3, 0.4) is 0 Å². The molecule has 0 saturated heterocycles. The second-order valence-electron chi connectivity index (χ2n) is 2.46. The fraction of sp³-hybridized carbons (Fsp3) is 0.889. The molecule has 6 heteroatoms. The Kier molecular flexibility index (Phi) is 30.7. The van der Waals surface area contributed by atoms with Crippen molar-refractivity contribution < 1.29 is 23.7 Å². The van der Waals surface area contributed by atoms with E-state index in [1.807, 2.05) is 0 Å². The van der Waals surface area contributed by atoms with Gasteiger partial charge in [0.15, 0.2) is 0 Å². The van der Waals surface area contributed by atoms with Crippen LogP contribution in [0.15, 0.2) is 0 Å². The summed E-state index contributed by atoms with van der Waals surface area (Å²) >= 11 is 0. The van der Waals surface area contributed by atoms with E-state index < -0.39 is 0 Å². The fourth-order valence-corrected chi connectivity index (χ4v) is 0.236. The van der Waals surface area contributed by atoms with E-state index in [-0.39, 0.29) is 0 Å². The predicted octanol–water partition coefficient (Wildman–Crippen LogP) is 0.178. The molecule has 15 heavy (non-hydrogen) atoms. The molecule has 0 aromatic heterocycles. The molecule has 0 fully saturated rings. The maximum atomic E-state index is 9.43. The van der Waals surface area contributed by atoms with Gasteiger partial charge in [-0.05, 0) is 0 Å². The second-order valence-corrected chi connectivity index (χ2v) is 2.46. The van der Waals surface area contributed by atoms with Crippen LogP contribution in [-0.2, 0) is 23.7 Å². The first kappa shape index (κ1) is 19.8. The molecule has 94 valence electrons. The van der Waals surface area contributed by atoms with Crippen LogP contribution in [0, 0.1) is 0 Å². The van der Waals surface area contributed by atoms with Crippen LogP contribution in [0.5, 0.6) is 0 Å². The Bertz CT molecular complexity index is 90.5. The van der Waals surface area contributed by atoms with Gasteiger partial charge in [-0.1, -0.05) is 0 Å². The number of ether oxygens (including phenoxy) is 4. The number of nitrogens with zero attached hydrogens (tertiary/aromatic N) is 1. The van der Waals surface area contributed by atoms with Gasteiger partial charge in [0.25, 0.3) is 0 Å². The molecule has 0 radical (unpaired) electrons. The number of methoxy groups -OCH3 is 4. The summed E-state index contributed by atoms with van der Waals surface area (Å²) in [7, 11) is 9.72. The minimum absolute atomic E-state index is 0.389. The van der Waals surface area contributed by atoms with Gasteiger partial charge in [0.2, 0.25) is 6.41 Å². The highest BCUT2D eigenvalue weighted by Gasteiger charge is 1.68. The van der Waals surface area contributed by atoms with Crippen LogP contribution in [0.4, 0.5) is 0 Å². The van der Waals surface area contributed by atoms with Crippen molar-refractivity contribution in [2.75, 3.05) is 56.1 Å². The summed E-state index contributed by atoms with van der Waals surface area (Å²) in [5, 5.41) is 0. The third kappa shape index (κ3) is 60.4. The molecular formula is C9H23NO5. The number of rotatable bonds is 5. The molecule has 0 rings (SSSR count). The van der Waals surface area contributed by atoms with Crippen molar-refractivity contribution in [3.63, 3.8) is 0 Å². The summed E-state index contributed by atoms with van der Waals surface area (Å²) in [4.78, 5) is 10.9. The standard InChI is InChI=1S/C3H7NO.2C3H8O2/c1-4(2)3-5;2*1-4-3-5-2/h3H,1-2H3;2*3H2,1-2H3. The Morgan fingerprint density at radius 2 is 1.07 bits per heavy atom. The maximum absolute atomic E-state index is 9.43. The molecule has 0 N–H and O–H groups in total. The predicted molar refractivity (Wildman–Crippen MR) is 57.5 cm³/mol. The first-order valence-corrected chi connectivity index (χ1v) is 4.18. The van der Waals surface area contributed by atoms with Crippen LogP contribution in [-0.4, -0.2) is 67.4 Å². The van der Waals surface area contributed by atoms with Gasteiger partial charge in [0, 0.05) is 42.5 Å². The van der Waals surface area contributed by atoms with Crippen molar-refractivity contribution in [1.82, 2.24) is 4.90 Å². The molecule has 0 aliphatic carbocycles. The largest absolute Gasteiger partial charge is 0.359 e. The number of hydrogen-bond donors (Lipinski definition) is 0. The average molecular weight is 225 g/mol. The van der Waals surface area contributed by atoms with Gasteiger partial charge in [-0.3, -0.25) is 4.79 Å². The molecule has 0 aliphatic rings. The number of hydrogen-bond acceptors (Lipinski definition) is 5. The van der Waals surface area contributed by atoms with Crippen molar-refractivity contribution >= 4 is 6.41 Å². The van der Waals surface area contributed by atoms with Gasteiger partial charge in [-0.15, -0.1) is 0 Å². The summed E-state index contributed by atoms with van der Waals surface area (Å²) < 4.78 is 17.9. The normalized spacial score (nSPS) is 7.87. The molecule has 0 atom stereocenters. The zero-order chi connectivity index (χ0) is 12.5. The number of carbonyl (C=O) groups excluding carboxylic acids is 1. The molecule has 0 heterocycles. The first-order valence-electron chi connectivity index (χ1n) is 4.18. The summed E-state index contributed by atoms with van der Waals surface area (Å²) in [6.07, 6.45) is 0.750. The second kappa shape index (κ2) is 23.3. The summed E-state index contributed by atoms with van der Waals surface area (Å²) in [6.45, 7) is 0.778. The van der Waals surface area contributed by atoms with E-state index in [9.17, 15) is 4.79 Å². The van der Waals surface area contributed by atoms with Gasteiger partial charge in [0.05, 0.1) is 0 Å². The minimum Gasteiger partial charge on any atom is -0.359 e. The van der Waals surface area contributed by atoms with Crippen LogP contribution in [0.1, 0.15) is 0 Å². The Morgan fingerprint density at radius 3 is 1.07 bits per heavy atom. The molecule has 0 spiro atoms. The highest BCUT2D eigenvalue weighted by Crippen LogP contribution is 1.60. The SMILES string of the molecule is CN(C)C=O.COCOC.COCOC. The highest BCUT2D eigenvalue weighted by molar-refractivity contribution is 5.45. The lowest BCUT2D eigenvalue weighted by Gasteiger charge is -1.93. The van der Waals surface area contributed by atoms with Gasteiger partial charge >= 0.3 is 0 Å². The smallest absolute Gasteiger partial charge is 0.209 e. The van der Waals surface area contributed by atoms with E-state index in [0.717, 1.165) is 6.41 Å². The molecule has 0 unspecified atom stereocenters. The lowest BCUT2D eigenvalue weighted by atomic mass is 11.0. The first-order chi connectivity index (χ1) is 7.10. The van der Waals surface area contributed by atoms with Crippen molar-refractivity contribution in [3.05, 3.63) is 0 Å². The van der Waals surface area contributed by atoms with E-state index in [2.05, 4.69) is 18.9 Å². The van der Waals surface area contributed by atoms with E-state index in [1.54, 1.807) is 42.5 Å². The fourth-order valence-electron chi connectivity index (χ4n) is 0.236. The van der Waals surface area contributed by atoms with E-state index in [1.165, 1.54) is 4.90 Å². The molecule has 0 aromatic carbocycles. The maximum Gasteiger partial charge on any atom is 0.209 e. The lowest BCUT2D eigenvalue weighted by Crippen LogP contribution is -2.06. The van der Waals surface area contributed by atoms with Crippen molar-refractivity contribution in [2.24, 2.45) is 0 Å². The van der Waals surface area contributed by atoms with E-state index >= 15 is 0 Å². The Morgan fingerprint density at radius 1 is 0.867 bits per heavy atom. The zero-order valence-corrected chi connectivity index (χ0v) is 10.5. The third-order valence-electron chi connectivity index (χ3n) is 0.682.